The average molecular weight is 292 g/mol. The van der Waals surface area contributed by atoms with Crippen LogP contribution < -0.4 is 10.1 Å². The van der Waals surface area contributed by atoms with Crippen LogP contribution in [0.1, 0.15) is 5.56 Å². The molecule has 0 heterocycles. The zero-order chi connectivity index (χ0) is 14.5. The summed E-state index contributed by atoms with van der Waals surface area (Å²) in [7, 11) is 0. The van der Waals surface area contributed by atoms with E-state index in [2.05, 4.69) is 5.32 Å². The van der Waals surface area contributed by atoms with Crippen molar-refractivity contribution in [2.45, 2.75) is 6.92 Å². The van der Waals surface area contributed by atoms with Gasteiger partial charge in [-0.15, -0.1) is 0 Å². The maximum atomic E-state index is 11.8. The van der Waals surface area contributed by atoms with Gasteiger partial charge in [-0.3, -0.25) is 4.79 Å². The van der Waals surface area contributed by atoms with Crippen LogP contribution in [0.4, 0.5) is 5.69 Å². The Kier molecular flexibility index (Phi) is 4.48. The maximum absolute atomic E-state index is 11.8. The first kappa shape index (κ1) is 14.2. The smallest absolute Gasteiger partial charge is 0.262 e. The summed E-state index contributed by atoms with van der Waals surface area (Å²) in [4.78, 5) is 11.8. The Balaban J connectivity index is 1.92. The number of benzene rings is 2. The van der Waals surface area contributed by atoms with E-state index in [1.807, 2.05) is 0 Å². The molecule has 0 spiro atoms. The van der Waals surface area contributed by atoms with Crippen LogP contribution in [-0.4, -0.2) is 17.6 Å². The molecular weight excluding hydrogens is 278 g/mol. The topological polar surface area (TPSA) is 58.6 Å². The highest BCUT2D eigenvalue weighted by Gasteiger charge is 2.07. The van der Waals surface area contributed by atoms with Gasteiger partial charge in [0.05, 0.1) is 0 Å². The number of carbonyl (C=O) groups excluding carboxylic acids is 1. The van der Waals surface area contributed by atoms with Gasteiger partial charge in [0, 0.05) is 16.3 Å². The molecule has 0 atom stereocenters. The lowest BCUT2D eigenvalue weighted by Crippen LogP contribution is -2.20. The Hall–Kier alpha value is -2.20. The lowest BCUT2D eigenvalue weighted by atomic mass is 10.2. The fourth-order valence-corrected chi connectivity index (χ4v) is 1.75. The minimum atomic E-state index is -0.298. The van der Waals surface area contributed by atoms with Crippen molar-refractivity contribution >= 4 is 23.2 Å². The third-order valence-corrected chi connectivity index (χ3v) is 3.01. The van der Waals surface area contributed by atoms with Crippen molar-refractivity contribution in [3.8, 4) is 11.5 Å². The number of nitrogens with one attached hydrogen (secondary N) is 1. The zero-order valence-electron chi connectivity index (χ0n) is 10.9. The van der Waals surface area contributed by atoms with Crippen LogP contribution in [0.25, 0.3) is 0 Å². The van der Waals surface area contributed by atoms with Crippen LogP contribution in [0.2, 0.25) is 5.02 Å². The number of aromatic hydroxyl groups is 1. The summed E-state index contributed by atoms with van der Waals surface area (Å²) in [5.74, 6) is 0.409. The van der Waals surface area contributed by atoms with Crippen LogP contribution >= 0.6 is 11.6 Å². The van der Waals surface area contributed by atoms with Gasteiger partial charge in [0.25, 0.3) is 5.91 Å². The van der Waals surface area contributed by atoms with Crippen molar-refractivity contribution in [1.82, 2.24) is 0 Å². The Morgan fingerprint density at radius 1 is 1.25 bits per heavy atom. The number of ether oxygens (including phenoxy) is 1. The molecule has 0 unspecified atom stereocenters. The van der Waals surface area contributed by atoms with Crippen LogP contribution in [0, 0.1) is 6.92 Å². The summed E-state index contributed by atoms with van der Waals surface area (Å²) in [5.41, 5.74) is 1.18. The minimum Gasteiger partial charge on any atom is -0.508 e. The normalized spacial score (nSPS) is 10.1. The quantitative estimate of drug-likeness (QED) is 0.908. The molecule has 0 aliphatic carbocycles. The lowest BCUT2D eigenvalue weighted by molar-refractivity contribution is -0.118. The van der Waals surface area contributed by atoms with Crippen molar-refractivity contribution < 1.29 is 14.6 Å². The third-order valence-electron chi connectivity index (χ3n) is 2.76. The Morgan fingerprint density at radius 3 is 2.65 bits per heavy atom. The van der Waals surface area contributed by atoms with Crippen molar-refractivity contribution in [3.05, 3.63) is 53.1 Å². The van der Waals surface area contributed by atoms with Gasteiger partial charge in [-0.05, 0) is 43.3 Å². The van der Waals surface area contributed by atoms with E-state index < -0.39 is 0 Å². The molecular formula is C15H14ClNO3. The molecule has 0 aliphatic rings. The summed E-state index contributed by atoms with van der Waals surface area (Å²) < 4.78 is 5.33. The molecule has 0 aromatic heterocycles. The number of halogens is 1. The number of carbonyl (C=O) groups is 1. The van der Waals surface area contributed by atoms with Gasteiger partial charge in [-0.2, -0.15) is 0 Å². The molecule has 20 heavy (non-hydrogen) atoms. The molecule has 0 fully saturated rings. The number of amides is 1. The minimum absolute atomic E-state index is 0.114. The van der Waals surface area contributed by atoms with Gasteiger partial charge < -0.3 is 15.2 Å². The second-order valence-corrected chi connectivity index (χ2v) is 4.68. The Labute approximate surface area is 122 Å². The first-order chi connectivity index (χ1) is 9.56. The molecule has 0 radical (unpaired) electrons. The molecule has 1 amide bonds. The fourth-order valence-electron chi connectivity index (χ4n) is 1.62. The van der Waals surface area contributed by atoms with Gasteiger partial charge in [-0.1, -0.05) is 17.7 Å². The number of anilines is 1. The van der Waals surface area contributed by atoms with Gasteiger partial charge in [0.1, 0.15) is 11.5 Å². The average Bonchev–Trinajstić information content (AvgIpc) is 2.43. The first-order valence-corrected chi connectivity index (χ1v) is 6.41. The number of rotatable bonds is 4. The predicted octanol–water partition coefficient (Wildman–Crippen LogP) is 3.37. The molecule has 104 valence electrons. The number of phenolic OH excluding ortho intramolecular Hbond substituents is 1. The third kappa shape index (κ3) is 3.65. The number of phenols is 1. The molecule has 0 saturated heterocycles. The van der Waals surface area contributed by atoms with E-state index in [9.17, 15) is 9.90 Å². The predicted molar refractivity (Wildman–Crippen MR) is 78.4 cm³/mol. The van der Waals surface area contributed by atoms with Crippen LogP contribution in [-0.2, 0) is 4.79 Å². The molecule has 2 N–H and O–H groups in total. The summed E-state index contributed by atoms with van der Waals surface area (Å²) in [6.45, 7) is 1.61. The summed E-state index contributed by atoms with van der Waals surface area (Å²) in [6.07, 6.45) is 0. The van der Waals surface area contributed by atoms with Crippen molar-refractivity contribution in [3.63, 3.8) is 0 Å². The van der Waals surface area contributed by atoms with E-state index in [0.717, 1.165) is 0 Å². The highest BCUT2D eigenvalue weighted by molar-refractivity contribution is 6.30. The van der Waals surface area contributed by atoms with Crippen molar-refractivity contribution in [1.29, 1.82) is 0 Å². The summed E-state index contributed by atoms with van der Waals surface area (Å²) >= 11 is 5.76. The molecule has 0 saturated carbocycles. The zero-order valence-corrected chi connectivity index (χ0v) is 11.6. The van der Waals surface area contributed by atoms with Crippen molar-refractivity contribution in [2.75, 3.05) is 11.9 Å². The molecule has 2 rings (SSSR count). The summed E-state index contributed by atoms with van der Waals surface area (Å²) in [5, 5.41) is 12.8. The van der Waals surface area contributed by atoms with E-state index in [4.69, 9.17) is 16.3 Å². The van der Waals surface area contributed by atoms with Crippen LogP contribution in [0.5, 0.6) is 11.5 Å². The molecule has 2 aromatic carbocycles. The SMILES string of the molecule is Cc1c(O)cccc1NC(=O)COc1ccc(Cl)cc1. The first-order valence-electron chi connectivity index (χ1n) is 6.03. The van der Waals surface area contributed by atoms with Crippen LogP contribution in [0.3, 0.4) is 0 Å². The van der Waals surface area contributed by atoms with Crippen LogP contribution in [0.15, 0.2) is 42.5 Å². The van der Waals surface area contributed by atoms with E-state index in [1.165, 1.54) is 0 Å². The van der Waals surface area contributed by atoms with E-state index in [-0.39, 0.29) is 18.3 Å². The highest BCUT2D eigenvalue weighted by atomic mass is 35.5. The molecule has 4 nitrogen and oxygen atoms in total. The second-order valence-electron chi connectivity index (χ2n) is 4.24. The van der Waals surface area contributed by atoms with Gasteiger partial charge in [0.2, 0.25) is 0 Å². The Bertz CT molecular complexity index is 611. The Morgan fingerprint density at radius 2 is 1.95 bits per heavy atom. The molecule has 0 bridgehead atoms. The number of hydrogen-bond donors (Lipinski definition) is 2. The fraction of sp³-hybridized carbons (Fsp3) is 0.133. The van der Waals surface area contributed by atoms with Gasteiger partial charge in [0.15, 0.2) is 6.61 Å². The number of hydrogen-bond acceptors (Lipinski definition) is 3. The van der Waals surface area contributed by atoms with E-state index in [0.29, 0.717) is 22.0 Å². The van der Waals surface area contributed by atoms with E-state index >= 15 is 0 Å². The molecule has 5 heteroatoms. The second kappa shape index (κ2) is 6.30. The molecule has 0 aliphatic heterocycles. The summed E-state index contributed by atoms with van der Waals surface area (Å²) in [6, 6.07) is 11.7. The van der Waals surface area contributed by atoms with Crippen molar-refractivity contribution in [2.24, 2.45) is 0 Å². The van der Waals surface area contributed by atoms with E-state index in [1.54, 1.807) is 49.4 Å². The highest BCUT2D eigenvalue weighted by Crippen LogP contribution is 2.23. The monoisotopic (exact) mass is 291 g/mol. The molecule has 2 aromatic rings. The lowest BCUT2D eigenvalue weighted by Gasteiger charge is -2.10. The van der Waals surface area contributed by atoms with Gasteiger partial charge in [-0.25, -0.2) is 0 Å². The maximum Gasteiger partial charge on any atom is 0.262 e. The largest absolute Gasteiger partial charge is 0.508 e. The van der Waals surface area contributed by atoms with Gasteiger partial charge >= 0.3 is 0 Å². The standard InChI is InChI=1S/C15H14ClNO3/c1-10-13(3-2-4-14(10)18)17-15(19)9-20-12-7-5-11(16)6-8-12/h2-8,18H,9H2,1H3,(H,17,19).